The van der Waals surface area contributed by atoms with Crippen LogP contribution < -0.4 is 10.2 Å². The third kappa shape index (κ3) is 2.63. The van der Waals surface area contributed by atoms with E-state index < -0.39 is 5.67 Å². The fourth-order valence-corrected chi connectivity index (χ4v) is 3.58. The zero-order valence-corrected chi connectivity index (χ0v) is 13.6. The van der Waals surface area contributed by atoms with Crippen LogP contribution in [0.2, 0.25) is 5.15 Å². The van der Waals surface area contributed by atoms with Crippen molar-refractivity contribution in [3.05, 3.63) is 22.3 Å². The Labute approximate surface area is 136 Å². The number of halogens is 2. The number of aromatic nitrogens is 3. The van der Waals surface area contributed by atoms with E-state index in [0.717, 1.165) is 17.7 Å². The highest BCUT2D eigenvalue weighted by Crippen LogP contribution is 2.48. The van der Waals surface area contributed by atoms with Gasteiger partial charge in [0.15, 0.2) is 5.13 Å². The molecule has 0 atom stereocenters. The second kappa shape index (κ2) is 5.03. The van der Waals surface area contributed by atoms with E-state index in [-0.39, 0.29) is 5.92 Å². The van der Waals surface area contributed by atoms with Crippen molar-refractivity contribution in [2.45, 2.75) is 25.4 Å². The topological polar surface area (TPSA) is 53.9 Å². The summed E-state index contributed by atoms with van der Waals surface area (Å²) in [5, 5.41) is 4.10. The lowest BCUT2D eigenvalue weighted by molar-refractivity contribution is 0.0925. The summed E-state index contributed by atoms with van der Waals surface area (Å²) in [4.78, 5) is 15.8. The summed E-state index contributed by atoms with van der Waals surface area (Å²) in [5.41, 5.74) is -1.04. The molecule has 0 radical (unpaired) electrons. The average molecular weight is 340 g/mol. The lowest BCUT2D eigenvalue weighted by atomic mass is 9.91. The Morgan fingerprint density at radius 1 is 1.41 bits per heavy atom. The van der Waals surface area contributed by atoms with Gasteiger partial charge in [0.25, 0.3) is 0 Å². The van der Waals surface area contributed by atoms with E-state index >= 15 is 0 Å². The van der Waals surface area contributed by atoms with Crippen LogP contribution in [0, 0.1) is 12.8 Å². The first kappa shape index (κ1) is 14.1. The number of nitrogens with zero attached hydrogens (tertiary/aromatic N) is 4. The molecule has 5 nitrogen and oxygen atoms in total. The summed E-state index contributed by atoms with van der Waals surface area (Å²) >= 11 is 7.58. The van der Waals surface area contributed by atoms with Crippen molar-refractivity contribution >= 4 is 39.8 Å². The van der Waals surface area contributed by atoms with Crippen molar-refractivity contribution in [3.63, 3.8) is 0 Å². The van der Waals surface area contributed by atoms with Crippen molar-refractivity contribution in [3.8, 4) is 0 Å². The highest BCUT2D eigenvalue weighted by atomic mass is 35.5. The molecule has 8 heteroatoms. The SMILES string of the molecule is Cc1cnc(Nc2nc(Cl)cc(N3CC(F)(C4CC4)C3)n2)s1. The van der Waals surface area contributed by atoms with Crippen LogP contribution in [-0.4, -0.2) is 33.7 Å². The van der Waals surface area contributed by atoms with Gasteiger partial charge in [-0.25, -0.2) is 14.4 Å². The number of anilines is 3. The first-order chi connectivity index (χ1) is 10.5. The fourth-order valence-electron chi connectivity index (χ4n) is 2.74. The van der Waals surface area contributed by atoms with E-state index in [2.05, 4.69) is 20.3 Å². The quantitative estimate of drug-likeness (QED) is 0.863. The number of hydrogen-bond acceptors (Lipinski definition) is 6. The number of rotatable bonds is 4. The Bertz CT molecular complexity index is 711. The van der Waals surface area contributed by atoms with Crippen LogP contribution in [0.15, 0.2) is 12.3 Å². The molecule has 2 aliphatic rings. The van der Waals surface area contributed by atoms with E-state index in [1.54, 1.807) is 12.3 Å². The Balaban J connectivity index is 1.51. The Kier molecular flexibility index (Phi) is 3.23. The third-order valence-electron chi connectivity index (χ3n) is 4.06. The summed E-state index contributed by atoms with van der Waals surface area (Å²) in [5.74, 6) is 1.28. The molecule has 3 heterocycles. The lowest BCUT2D eigenvalue weighted by Crippen LogP contribution is -2.60. The average Bonchev–Trinajstić information content (AvgIpc) is 3.19. The number of nitrogens with one attached hydrogen (secondary N) is 1. The van der Waals surface area contributed by atoms with Crippen molar-refractivity contribution in [2.75, 3.05) is 23.3 Å². The van der Waals surface area contributed by atoms with Crippen LogP contribution in [0.25, 0.3) is 0 Å². The molecule has 2 aromatic rings. The predicted molar refractivity (Wildman–Crippen MR) is 86.0 cm³/mol. The number of thiazole rings is 1. The molecule has 22 heavy (non-hydrogen) atoms. The first-order valence-electron chi connectivity index (χ1n) is 7.20. The monoisotopic (exact) mass is 339 g/mol. The normalized spacial score (nSPS) is 19.9. The smallest absolute Gasteiger partial charge is 0.232 e. The zero-order chi connectivity index (χ0) is 15.3. The molecule has 0 spiro atoms. The minimum absolute atomic E-state index is 0.233. The summed E-state index contributed by atoms with van der Waals surface area (Å²) in [6.07, 6.45) is 3.79. The van der Waals surface area contributed by atoms with Crippen LogP contribution in [0.4, 0.5) is 21.3 Å². The molecule has 0 aromatic carbocycles. The molecule has 2 aromatic heterocycles. The molecule has 0 unspecified atom stereocenters. The van der Waals surface area contributed by atoms with Gasteiger partial charge in [-0.1, -0.05) is 11.6 Å². The van der Waals surface area contributed by atoms with Crippen LogP contribution in [0.5, 0.6) is 0 Å². The van der Waals surface area contributed by atoms with Crippen molar-refractivity contribution in [1.82, 2.24) is 15.0 Å². The fraction of sp³-hybridized carbons (Fsp3) is 0.500. The molecule has 2 fully saturated rings. The minimum atomic E-state index is -1.04. The molecule has 0 amide bonds. The maximum absolute atomic E-state index is 14.4. The Morgan fingerprint density at radius 2 is 2.18 bits per heavy atom. The van der Waals surface area contributed by atoms with E-state index in [0.29, 0.717) is 35.1 Å². The second-order valence-electron chi connectivity index (χ2n) is 5.94. The van der Waals surface area contributed by atoms with Crippen LogP contribution in [-0.2, 0) is 0 Å². The highest BCUT2D eigenvalue weighted by Gasteiger charge is 2.54. The van der Waals surface area contributed by atoms with Crippen LogP contribution in [0.1, 0.15) is 17.7 Å². The molecular weight excluding hydrogens is 325 g/mol. The molecule has 1 aliphatic heterocycles. The van der Waals surface area contributed by atoms with Gasteiger partial charge in [0, 0.05) is 17.1 Å². The molecular formula is C14H15ClFN5S. The maximum atomic E-state index is 14.4. The number of hydrogen-bond donors (Lipinski definition) is 1. The summed E-state index contributed by atoms with van der Waals surface area (Å²) in [7, 11) is 0. The van der Waals surface area contributed by atoms with Gasteiger partial charge in [-0.3, -0.25) is 5.32 Å². The van der Waals surface area contributed by atoms with Gasteiger partial charge in [-0.05, 0) is 25.7 Å². The van der Waals surface area contributed by atoms with Gasteiger partial charge in [-0.15, -0.1) is 11.3 Å². The van der Waals surface area contributed by atoms with Gasteiger partial charge in [0.1, 0.15) is 16.6 Å². The second-order valence-corrected chi connectivity index (χ2v) is 7.56. The molecule has 1 saturated heterocycles. The number of aryl methyl sites for hydroxylation is 1. The predicted octanol–water partition coefficient (Wildman–Crippen LogP) is 3.58. The lowest BCUT2D eigenvalue weighted by Gasteiger charge is -2.45. The molecule has 1 saturated carbocycles. The minimum Gasteiger partial charge on any atom is -0.350 e. The van der Waals surface area contributed by atoms with Gasteiger partial charge in [-0.2, -0.15) is 4.98 Å². The Hall–Kier alpha value is -1.47. The summed E-state index contributed by atoms with van der Waals surface area (Å²) < 4.78 is 14.4. The van der Waals surface area contributed by atoms with E-state index in [1.165, 1.54) is 11.3 Å². The van der Waals surface area contributed by atoms with Crippen molar-refractivity contribution < 1.29 is 4.39 Å². The Morgan fingerprint density at radius 3 is 2.82 bits per heavy atom. The van der Waals surface area contributed by atoms with Gasteiger partial charge in [0.05, 0.1) is 13.1 Å². The van der Waals surface area contributed by atoms with E-state index in [4.69, 9.17) is 11.6 Å². The number of alkyl halides is 1. The molecule has 1 N–H and O–H groups in total. The third-order valence-corrected chi connectivity index (χ3v) is 5.08. The van der Waals surface area contributed by atoms with Gasteiger partial charge < -0.3 is 4.90 Å². The standard InChI is InChI=1S/C14H15ClFN5S/c1-8-5-17-13(22-8)20-12-18-10(15)4-11(19-12)21-6-14(16,7-21)9-2-3-9/h4-5,9H,2-3,6-7H2,1H3,(H,17,18,19,20). The van der Waals surface area contributed by atoms with Crippen LogP contribution in [0.3, 0.4) is 0 Å². The van der Waals surface area contributed by atoms with Gasteiger partial charge in [0.2, 0.25) is 5.95 Å². The van der Waals surface area contributed by atoms with Crippen LogP contribution >= 0.6 is 22.9 Å². The first-order valence-corrected chi connectivity index (χ1v) is 8.39. The summed E-state index contributed by atoms with van der Waals surface area (Å²) in [6, 6.07) is 1.67. The van der Waals surface area contributed by atoms with E-state index in [1.807, 2.05) is 11.8 Å². The molecule has 0 bridgehead atoms. The van der Waals surface area contributed by atoms with Crippen molar-refractivity contribution in [2.24, 2.45) is 5.92 Å². The zero-order valence-electron chi connectivity index (χ0n) is 12.0. The summed E-state index contributed by atoms with van der Waals surface area (Å²) in [6.45, 7) is 2.76. The van der Waals surface area contributed by atoms with E-state index in [9.17, 15) is 4.39 Å². The largest absolute Gasteiger partial charge is 0.350 e. The highest BCUT2D eigenvalue weighted by molar-refractivity contribution is 7.15. The molecule has 4 rings (SSSR count). The van der Waals surface area contributed by atoms with Gasteiger partial charge >= 0.3 is 0 Å². The maximum Gasteiger partial charge on any atom is 0.232 e. The molecule has 1 aliphatic carbocycles. The van der Waals surface area contributed by atoms with Crippen molar-refractivity contribution in [1.29, 1.82) is 0 Å². The molecule has 116 valence electrons.